The predicted octanol–water partition coefficient (Wildman–Crippen LogP) is 3.11. The van der Waals surface area contributed by atoms with Crippen LogP contribution in [-0.4, -0.2) is 30.2 Å². The molecule has 0 radical (unpaired) electrons. The number of para-hydroxylation sites is 1. The van der Waals surface area contributed by atoms with Crippen molar-refractivity contribution in [2.24, 2.45) is 0 Å². The predicted molar refractivity (Wildman–Crippen MR) is 79.3 cm³/mol. The lowest BCUT2D eigenvalue weighted by molar-refractivity contribution is 0.0697. The second-order valence-corrected chi connectivity index (χ2v) is 4.72. The van der Waals surface area contributed by atoms with Crippen LogP contribution in [0.15, 0.2) is 24.3 Å². The number of rotatable bonds is 6. The zero-order valence-corrected chi connectivity index (χ0v) is 12.2. The van der Waals surface area contributed by atoms with E-state index in [1.165, 1.54) is 11.0 Å². The van der Waals surface area contributed by atoms with Crippen molar-refractivity contribution in [2.75, 3.05) is 11.9 Å². The molecule has 0 spiro atoms. The number of anilines is 1. The topological polar surface area (TPSA) is 69.6 Å². The Morgan fingerprint density at radius 3 is 2.50 bits per heavy atom. The highest BCUT2D eigenvalue weighted by atomic mass is 16.4. The third-order valence-electron chi connectivity index (χ3n) is 3.26. The Morgan fingerprint density at radius 2 is 1.95 bits per heavy atom. The molecule has 1 atom stereocenters. The van der Waals surface area contributed by atoms with Crippen LogP contribution in [0.3, 0.4) is 0 Å². The number of aromatic carboxylic acids is 1. The molecule has 0 bridgehead atoms. The maximum atomic E-state index is 12.2. The number of carboxylic acids is 1. The zero-order chi connectivity index (χ0) is 15.1. The van der Waals surface area contributed by atoms with Gasteiger partial charge in [0, 0.05) is 13.1 Å². The summed E-state index contributed by atoms with van der Waals surface area (Å²) in [7, 11) is 1.58. The molecular formula is C15H22N2O3. The molecule has 5 heteroatoms. The van der Waals surface area contributed by atoms with E-state index in [1.54, 1.807) is 25.2 Å². The van der Waals surface area contributed by atoms with Crippen molar-refractivity contribution in [1.29, 1.82) is 0 Å². The molecule has 20 heavy (non-hydrogen) atoms. The Morgan fingerprint density at radius 1 is 1.30 bits per heavy atom. The summed E-state index contributed by atoms with van der Waals surface area (Å²) < 4.78 is 0. The summed E-state index contributed by atoms with van der Waals surface area (Å²) in [6.07, 6.45) is 2.76. The van der Waals surface area contributed by atoms with Crippen LogP contribution in [0.5, 0.6) is 0 Å². The molecule has 2 N–H and O–H groups in total. The average Bonchev–Trinajstić information content (AvgIpc) is 2.45. The molecule has 0 aromatic heterocycles. The van der Waals surface area contributed by atoms with Crippen LogP contribution in [-0.2, 0) is 0 Å². The van der Waals surface area contributed by atoms with Gasteiger partial charge in [-0.3, -0.25) is 4.90 Å². The first-order valence-corrected chi connectivity index (χ1v) is 6.87. The fourth-order valence-electron chi connectivity index (χ4n) is 2.05. The fraction of sp³-hybridized carbons (Fsp3) is 0.467. The number of carboxylic acid groups (broad SMARTS) is 1. The van der Waals surface area contributed by atoms with E-state index < -0.39 is 5.97 Å². The van der Waals surface area contributed by atoms with Crippen molar-refractivity contribution in [3.63, 3.8) is 0 Å². The van der Waals surface area contributed by atoms with Crippen LogP contribution in [0, 0.1) is 0 Å². The van der Waals surface area contributed by atoms with Crippen LogP contribution in [0.2, 0.25) is 0 Å². The number of benzene rings is 1. The normalized spacial score (nSPS) is 11.8. The van der Waals surface area contributed by atoms with Gasteiger partial charge >= 0.3 is 12.0 Å². The number of carbonyl (C=O) groups is 2. The Hall–Kier alpha value is -2.04. The molecule has 0 fully saturated rings. The number of hydrogen-bond acceptors (Lipinski definition) is 2. The maximum absolute atomic E-state index is 12.2. The highest BCUT2D eigenvalue weighted by Gasteiger charge is 2.19. The standard InChI is InChI=1S/C15H22N2O3/c1-4-8-11(5-2)16-15(20)17(3)13-10-7-6-9-12(13)14(18)19/h6-7,9-11H,4-5,8H2,1-3H3,(H,16,20)(H,18,19). The van der Waals surface area contributed by atoms with Gasteiger partial charge in [0.25, 0.3) is 0 Å². The lowest BCUT2D eigenvalue weighted by Crippen LogP contribution is -2.43. The molecule has 1 aromatic rings. The molecule has 1 unspecified atom stereocenters. The van der Waals surface area contributed by atoms with Crippen LogP contribution in [0.4, 0.5) is 10.5 Å². The van der Waals surface area contributed by atoms with E-state index in [0.717, 1.165) is 19.3 Å². The quantitative estimate of drug-likeness (QED) is 0.840. The Bertz CT molecular complexity index is 474. The number of urea groups is 1. The molecule has 0 heterocycles. The smallest absolute Gasteiger partial charge is 0.337 e. The molecule has 5 nitrogen and oxygen atoms in total. The zero-order valence-electron chi connectivity index (χ0n) is 12.2. The van der Waals surface area contributed by atoms with E-state index in [9.17, 15) is 9.59 Å². The number of nitrogens with one attached hydrogen (secondary N) is 1. The van der Waals surface area contributed by atoms with E-state index in [2.05, 4.69) is 12.2 Å². The number of amides is 2. The molecular weight excluding hydrogens is 256 g/mol. The van der Waals surface area contributed by atoms with Gasteiger partial charge in [-0.2, -0.15) is 0 Å². The van der Waals surface area contributed by atoms with Gasteiger partial charge in [0.1, 0.15) is 0 Å². The van der Waals surface area contributed by atoms with Crippen molar-refractivity contribution in [1.82, 2.24) is 5.32 Å². The summed E-state index contributed by atoms with van der Waals surface area (Å²) in [5, 5.41) is 12.1. The monoisotopic (exact) mass is 278 g/mol. The van der Waals surface area contributed by atoms with Crippen LogP contribution >= 0.6 is 0 Å². The van der Waals surface area contributed by atoms with Gasteiger partial charge in [-0.1, -0.05) is 32.4 Å². The highest BCUT2D eigenvalue weighted by Crippen LogP contribution is 2.19. The first-order valence-electron chi connectivity index (χ1n) is 6.87. The van der Waals surface area contributed by atoms with E-state index in [1.807, 2.05) is 6.92 Å². The highest BCUT2D eigenvalue weighted by molar-refractivity contribution is 6.01. The maximum Gasteiger partial charge on any atom is 0.337 e. The summed E-state index contributed by atoms with van der Waals surface area (Å²) in [5.41, 5.74) is 0.512. The molecule has 1 aromatic carbocycles. The largest absolute Gasteiger partial charge is 0.478 e. The van der Waals surface area contributed by atoms with Crippen LogP contribution in [0.1, 0.15) is 43.5 Å². The van der Waals surface area contributed by atoms with Crippen molar-refractivity contribution < 1.29 is 14.7 Å². The lowest BCUT2D eigenvalue weighted by Gasteiger charge is -2.23. The first-order chi connectivity index (χ1) is 9.51. The van der Waals surface area contributed by atoms with Gasteiger partial charge in [-0.05, 0) is 25.0 Å². The van der Waals surface area contributed by atoms with Gasteiger partial charge in [0.15, 0.2) is 0 Å². The van der Waals surface area contributed by atoms with Crippen molar-refractivity contribution in [2.45, 2.75) is 39.2 Å². The van der Waals surface area contributed by atoms with Crippen LogP contribution in [0.25, 0.3) is 0 Å². The van der Waals surface area contributed by atoms with Crippen molar-refractivity contribution >= 4 is 17.7 Å². The molecule has 0 aliphatic heterocycles. The molecule has 0 saturated carbocycles. The third-order valence-corrected chi connectivity index (χ3v) is 3.26. The molecule has 2 amide bonds. The minimum Gasteiger partial charge on any atom is -0.478 e. The van der Waals surface area contributed by atoms with Crippen molar-refractivity contribution in [3.05, 3.63) is 29.8 Å². The third kappa shape index (κ3) is 3.98. The number of carbonyl (C=O) groups excluding carboxylic acids is 1. The molecule has 0 saturated heterocycles. The summed E-state index contributed by atoms with van der Waals surface area (Å²) in [4.78, 5) is 24.7. The Labute approximate surface area is 119 Å². The molecule has 0 aliphatic rings. The summed E-state index contributed by atoms with van der Waals surface area (Å²) in [5.74, 6) is -1.04. The van der Waals surface area contributed by atoms with Crippen molar-refractivity contribution in [3.8, 4) is 0 Å². The van der Waals surface area contributed by atoms with E-state index in [4.69, 9.17) is 5.11 Å². The second kappa shape index (κ2) is 7.53. The van der Waals surface area contributed by atoms with Gasteiger partial charge in [0.2, 0.25) is 0 Å². The van der Waals surface area contributed by atoms with Gasteiger partial charge in [-0.15, -0.1) is 0 Å². The summed E-state index contributed by atoms with van der Waals surface area (Å²) >= 11 is 0. The number of nitrogens with zero attached hydrogens (tertiary/aromatic N) is 1. The molecule has 0 aliphatic carbocycles. The second-order valence-electron chi connectivity index (χ2n) is 4.72. The van der Waals surface area contributed by atoms with Gasteiger partial charge in [-0.25, -0.2) is 9.59 Å². The van der Waals surface area contributed by atoms with Crippen LogP contribution < -0.4 is 10.2 Å². The minimum absolute atomic E-state index is 0.118. The van der Waals surface area contributed by atoms with E-state index in [-0.39, 0.29) is 17.6 Å². The SMILES string of the molecule is CCCC(CC)NC(=O)N(C)c1ccccc1C(=O)O. The van der Waals surface area contributed by atoms with Gasteiger partial charge in [0.05, 0.1) is 11.3 Å². The summed E-state index contributed by atoms with van der Waals surface area (Å²) in [6, 6.07) is 6.32. The van der Waals surface area contributed by atoms with E-state index in [0.29, 0.717) is 5.69 Å². The van der Waals surface area contributed by atoms with E-state index >= 15 is 0 Å². The Balaban J connectivity index is 2.86. The lowest BCUT2D eigenvalue weighted by atomic mass is 10.1. The number of hydrogen-bond donors (Lipinski definition) is 2. The summed E-state index contributed by atoms with van der Waals surface area (Å²) in [6.45, 7) is 4.09. The molecule has 1 rings (SSSR count). The van der Waals surface area contributed by atoms with Gasteiger partial charge < -0.3 is 10.4 Å². The minimum atomic E-state index is -1.04. The molecule has 110 valence electrons. The first kappa shape index (κ1) is 16.0. The average molecular weight is 278 g/mol. The fourth-order valence-corrected chi connectivity index (χ4v) is 2.05. The Kier molecular flexibility index (Phi) is 6.03.